The SMILES string of the molecule is CC(=NNc1ccc([N+](=O)[O-])cc1S(=O)(=O)N1CCOCC1)c1ccc(N2CCOCC2)cc1. The molecule has 2 aromatic rings. The summed E-state index contributed by atoms with van der Waals surface area (Å²) in [6.07, 6.45) is 0. The molecule has 0 unspecified atom stereocenters. The Balaban J connectivity index is 1.57. The maximum atomic E-state index is 13.2. The summed E-state index contributed by atoms with van der Waals surface area (Å²) in [5, 5.41) is 15.6. The van der Waals surface area contributed by atoms with E-state index >= 15 is 0 Å². The number of nitrogens with zero attached hydrogens (tertiary/aromatic N) is 4. The number of nitro benzene ring substituents is 1. The van der Waals surface area contributed by atoms with Crippen LogP contribution in [-0.2, 0) is 19.5 Å². The zero-order valence-corrected chi connectivity index (χ0v) is 19.7. The van der Waals surface area contributed by atoms with Crippen molar-refractivity contribution in [2.24, 2.45) is 5.10 Å². The topological polar surface area (TPSA) is 127 Å². The van der Waals surface area contributed by atoms with Gasteiger partial charge in [0.15, 0.2) is 0 Å². The van der Waals surface area contributed by atoms with Crippen LogP contribution in [0.5, 0.6) is 0 Å². The summed E-state index contributed by atoms with van der Waals surface area (Å²) < 4.78 is 38.4. The Morgan fingerprint density at radius 3 is 2.24 bits per heavy atom. The van der Waals surface area contributed by atoms with Crippen LogP contribution in [0.2, 0.25) is 0 Å². The monoisotopic (exact) mass is 489 g/mol. The molecule has 34 heavy (non-hydrogen) atoms. The minimum Gasteiger partial charge on any atom is -0.379 e. The first-order valence-electron chi connectivity index (χ1n) is 11.0. The van der Waals surface area contributed by atoms with Gasteiger partial charge in [-0.25, -0.2) is 8.42 Å². The number of hydrazone groups is 1. The van der Waals surface area contributed by atoms with Gasteiger partial charge in [-0.15, -0.1) is 0 Å². The van der Waals surface area contributed by atoms with Gasteiger partial charge in [0.25, 0.3) is 5.69 Å². The predicted octanol–water partition coefficient (Wildman–Crippen LogP) is 2.29. The minimum absolute atomic E-state index is 0.168. The zero-order valence-electron chi connectivity index (χ0n) is 18.8. The molecule has 0 radical (unpaired) electrons. The standard InChI is InChI=1S/C22H27N5O6S/c1-17(18-2-4-19(5-3-18)25-8-12-32-13-9-25)23-24-21-7-6-20(27(28)29)16-22(21)34(30,31)26-10-14-33-15-11-26/h2-7,16,24H,8-15H2,1H3. The van der Waals surface area contributed by atoms with Crippen molar-refractivity contribution in [3.63, 3.8) is 0 Å². The maximum Gasteiger partial charge on any atom is 0.270 e. The number of morpholine rings is 2. The van der Waals surface area contributed by atoms with Crippen LogP contribution in [-0.4, -0.2) is 76.0 Å². The van der Waals surface area contributed by atoms with Gasteiger partial charge in [0.05, 0.1) is 42.7 Å². The lowest BCUT2D eigenvalue weighted by Crippen LogP contribution is -2.40. The van der Waals surface area contributed by atoms with E-state index < -0.39 is 14.9 Å². The molecule has 0 aliphatic carbocycles. The summed E-state index contributed by atoms with van der Waals surface area (Å²) in [4.78, 5) is 12.7. The fourth-order valence-electron chi connectivity index (χ4n) is 3.80. The van der Waals surface area contributed by atoms with Gasteiger partial charge in [-0.1, -0.05) is 12.1 Å². The molecule has 11 nitrogen and oxygen atoms in total. The van der Waals surface area contributed by atoms with E-state index in [0.717, 1.165) is 30.4 Å². The van der Waals surface area contributed by atoms with Gasteiger partial charge in [0.1, 0.15) is 4.90 Å². The number of hydrogen-bond acceptors (Lipinski definition) is 9. The predicted molar refractivity (Wildman–Crippen MR) is 128 cm³/mol. The molecule has 2 aliphatic heterocycles. The summed E-state index contributed by atoms with van der Waals surface area (Å²) >= 11 is 0. The maximum absolute atomic E-state index is 13.2. The fraction of sp³-hybridized carbons (Fsp3) is 0.409. The molecule has 0 atom stereocenters. The molecule has 1 N–H and O–H groups in total. The van der Waals surface area contributed by atoms with Crippen molar-refractivity contribution in [2.45, 2.75) is 11.8 Å². The minimum atomic E-state index is -3.98. The van der Waals surface area contributed by atoms with Crippen LogP contribution < -0.4 is 10.3 Å². The number of nitro groups is 1. The molecule has 0 saturated carbocycles. The van der Waals surface area contributed by atoms with Gasteiger partial charge in [0.2, 0.25) is 10.0 Å². The van der Waals surface area contributed by atoms with Crippen LogP contribution in [0.1, 0.15) is 12.5 Å². The molecular formula is C22H27N5O6S. The molecule has 0 bridgehead atoms. The molecule has 12 heteroatoms. The molecule has 0 aromatic heterocycles. The molecule has 4 rings (SSSR count). The van der Waals surface area contributed by atoms with E-state index in [-0.39, 0.29) is 42.6 Å². The van der Waals surface area contributed by atoms with Crippen molar-refractivity contribution in [1.29, 1.82) is 0 Å². The van der Waals surface area contributed by atoms with Crippen molar-refractivity contribution in [1.82, 2.24) is 4.31 Å². The molecule has 2 saturated heterocycles. The van der Waals surface area contributed by atoms with Gasteiger partial charge < -0.3 is 14.4 Å². The number of nitrogens with one attached hydrogen (secondary N) is 1. The Bertz CT molecular complexity index is 1160. The number of rotatable bonds is 7. The first kappa shape index (κ1) is 24.1. The first-order valence-corrected chi connectivity index (χ1v) is 12.4. The van der Waals surface area contributed by atoms with Gasteiger partial charge in [-0.3, -0.25) is 15.5 Å². The van der Waals surface area contributed by atoms with Crippen LogP contribution in [0.25, 0.3) is 0 Å². The van der Waals surface area contributed by atoms with Crippen LogP contribution in [0.15, 0.2) is 52.5 Å². The van der Waals surface area contributed by atoms with Crippen LogP contribution in [0.4, 0.5) is 17.1 Å². The number of ether oxygens (including phenoxy) is 2. The van der Waals surface area contributed by atoms with E-state index in [1.165, 1.54) is 16.4 Å². The Kier molecular flexibility index (Phi) is 7.41. The molecular weight excluding hydrogens is 462 g/mol. The second kappa shape index (κ2) is 10.5. The highest BCUT2D eigenvalue weighted by molar-refractivity contribution is 7.89. The summed E-state index contributed by atoms with van der Waals surface area (Å²) in [6, 6.07) is 11.6. The number of hydrogen-bond donors (Lipinski definition) is 1. The highest BCUT2D eigenvalue weighted by Crippen LogP contribution is 2.29. The van der Waals surface area contributed by atoms with Crippen LogP contribution >= 0.6 is 0 Å². The quantitative estimate of drug-likeness (QED) is 0.357. The zero-order chi connectivity index (χ0) is 24.1. The van der Waals surface area contributed by atoms with E-state index in [4.69, 9.17) is 9.47 Å². The van der Waals surface area contributed by atoms with Gasteiger partial charge in [-0.2, -0.15) is 9.41 Å². The normalized spacial score (nSPS) is 18.0. The summed E-state index contributed by atoms with van der Waals surface area (Å²) in [7, 11) is -3.98. The fourth-order valence-corrected chi connectivity index (χ4v) is 5.37. The second-order valence-electron chi connectivity index (χ2n) is 7.91. The number of benzene rings is 2. The van der Waals surface area contributed by atoms with Crippen molar-refractivity contribution < 1.29 is 22.8 Å². The molecule has 182 valence electrons. The second-order valence-corrected chi connectivity index (χ2v) is 9.82. The van der Waals surface area contributed by atoms with E-state index in [1.807, 2.05) is 24.3 Å². The van der Waals surface area contributed by atoms with Crippen LogP contribution in [0, 0.1) is 10.1 Å². The Morgan fingerprint density at radius 1 is 1.00 bits per heavy atom. The lowest BCUT2D eigenvalue weighted by molar-refractivity contribution is -0.385. The largest absolute Gasteiger partial charge is 0.379 e. The van der Waals surface area contributed by atoms with Crippen molar-refractivity contribution >= 4 is 32.8 Å². The Morgan fingerprint density at radius 2 is 1.62 bits per heavy atom. The van der Waals surface area contributed by atoms with Crippen molar-refractivity contribution in [2.75, 3.05) is 62.9 Å². The molecule has 2 aliphatic rings. The van der Waals surface area contributed by atoms with E-state index in [1.54, 1.807) is 6.92 Å². The number of sulfonamides is 1. The smallest absolute Gasteiger partial charge is 0.270 e. The lowest BCUT2D eigenvalue weighted by atomic mass is 10.1. The third-order valence-corrected chi connectivity index (χ3v) is 7.71. The lowest BCUT2D eigenvalue weighted by Gasteiger charge is -2.28. The highest BCUT2D eigenvalue weighted by atomic mass is 32.2. The summed E-state index contributed by atoms with van der Waals surface area (Å²) in [5.74, 6) is 0. The summed E-state index contributed by atoms with van der Waals surface area (Å²) in [6.45, 7) is 5.81. The number of non-ortho nitro benzene ring substituents is 1. The molecule has 2 heterocycles. The van der Waals surface area contributed by atoms with E-state index in [9.17, 15) is 18.5 Å². The Hall–Kier alpha value is -3.06. The third-order valence-electron chi connectivity index (χ3n) is 5.77. The van der Waals surface area contributed by atoms with Gasteiger partial charge in [-0.05, 0) is 30.7 Å². The molecule has 2 fully saturated rings. The average Bonchev–Trinajstić information content (AvgIpc) is 2.88. The van der Waals surface area contributed by atoms with Gasteiger partial charge in [0, 0.05) is 44.0 Å². The average molecular weight is 490 g/mol. The van der Waals surface area contributed by atoms with Gasteiger partial charge >= 0.3 is 0 Å². The Labute approximate surface area is 198 Å². The van der Waals surface area contributed by atoms with E-state index in [0.29, 0.717) is 18.9 Å². The van der Waals surface area contributed by atoms with Crippen molar-refractivity contribution in [3.8, 4) is 0 Å². The summed E-state index contributed by atoms with van der Waals surface area (Å²) in [5.41, 5.74) is 5.27. The molecule has 2 aromatic carbocycles. The molecule has 0 spiro atoms. The van der Waals surface area contributed by atoms with Crippen molar-refractivity contribution in [3.05, 3.63) is 58.1 Å². The third kappa shape index (κ3) is 5.36. The highest BCUT2D eigenvalue weighted by Gasteiger charge is 2.30. The molecule has 0 amide bonds. The van der Waals surface area contributed by atoms with Crippen LogP contribution in [0.3, 0.4) is 0 Å². The van der Waals surface area contributed by atoms with E-state index in [2.05, 4.69) is 15.4 Å². The number of anilines is 2. The first-order chi connectivity index (χ1) is 16.4.